The maximum absolute atomic E-state index is 2.76. The van der Waals surface area contributed by atoms with E-state index < -0.39 is 0 Å². The minimum Gasteiger partial charge on any atom is -0.293 e. The highest BCUT2D eigenvalue weighted by atomic mass is 32.1. The van der Waals surface area contributed by atoms with Crippen molar-refractivity contribution in [2.75, 3.05) is 6.54 Å². The summed E-state index contributed by atoms with van der Waals surface area (Å²) in [4.78, 5) is 4.35. The molecule has 14 heavy (non-hydrogen) atoms. The van der Waals surface area contributed by atoms with E-state index >= 15 is 0 Å². The molecule has 2 unspecified atom stereocenters. The van der Waals surface area contributed by atoms with Crippen molar-refractivity contribution in [3.63, 3.8) is 0 Å². The number of rotatable bonds is 1. The van der Waals surface area contributed by atoms with Crippen LogP contribution >= 0.6 is 11.3 Å². The second-order valence-electron chi connectivity index (χ2n) is 4.50. The van der Waals surface area contributed by atoms with Crippen molar-refractivity contribution >= 4 is 11.3 Å². The van der Waals surface area contributed by atoms with Gasteiger partial charge in [-0.3, -0.25) is 4.90 Å². The normalized spacial score (nSPS) is 33.1. The van der Waals surface area contributed by atoms with Crippen LogP contribution in [0, 0.1) is 0 Å². The lowest BCUT2D eigenvalue weighted by Gasteiger charge is -2.33. The molecule has 3 heterocycles. The van der Waals surface area contributed by atoms with Gasteiger partial charge in [-0.1, -0.05) is 12.5 Å². The molecule has 2 atom stereocenters. The highest BCUT2D eigenvalue weighted by Crippen LogP contribution is 2.41. The molecule has 2 saturated heterocycles. The van der Waals surface area contributed by atoms with Crippen LogP contribution in [0.5, 0.6) is 0 Å². The molecule has 1 nitrogen and oxygen atoms in total. The maximum Gasteiger partial charge on any atom is 0.0445 e. The molecule has 1 aromatic rings. The van der Waals surface area contributed by atoms with Gasteiger partial charge in [-0.2, -0.15) is 0 Å². The molecule has 3 rings (SSSR count). The van der Waals surface area contributed by atoms with Gasteiger partial charge in [-0.05, 0) is 43.7 Å². The molecule has 0 aliphatic carbocycles. The smallest absolute Gasteiger partial charge is 0.0445 e. The standard InChI is InChI=1S/C12H17NS/c1-2-8-13-10(4-1)6-7-11(13)12-5-3-9-14-12/h3,5,9-11H,1-2,4,6-8H2. The van der Waals surface area contributed by atoms with E-state index in [0.717, 1.165) is 12.1 Å². The molecule has 0 saturated carbocycles. The fraction of sp³-hybridized carbons (Fsp3) is 0.667. The van der Waals surface area contributed by atoms with Crippen molar-refractivity contribution < 1.29 is 0 Å². The summed E-state index contributed by atoms with van der Waals surface area (Å²) in [5, 5.41) is 2.21. The highest BCUT2D eigenvalue weighted by molar-refractivity contribution is 7.10. The van der Waals surface area contributed by atoms with E-state index in [9.17, 15) is 0 Å². The van der Waals surface area contributed by atoms with Crippen LogP contribution in [0.1, 0.15) is 43.0 Å². The highest BCUT2D eigenvalue weighted by Gasteiger charge is 2.35. The molecule has 0 radical (unpaired) electrons. The van der Waals surface area contributed by atoms with E-state index in [2.05, 4.69) is 22.4 Å². The van der Waals surface area contributed by atoms with Crippen molar-refractivity contribution in [3.8, 4) is 0 Å². The molecular weight excluding hydrogens is 190 g/mol. The molecule has 2 aliphatic heterocycles. The molecule has 2 fully saturated rings. The number of fused-ring (bicyclic) bond motifs is 1. The zero-order valence-electron chi connectivity index (χ0n) is 8.48. The zero-order valence-corrected chi connectivity index (χ0v) is 9.30. The minimum atomic E-state index is 0.764. The average Bonchev–Trinajstić information content (AvgIpc) is 2.85. The van der Waals surface area contributed by atoms with Crippen molar-refractivity contribution in [1.29, 1.82) is 0 Å². The van der Waals surface area contributed by atoms with Crippen molar-refractivity contribution in [2.45, 2.75) is 44.2 Å². The average molecular weight is 207 g/mol. The summed E-state index contributed by atoms with van der Waals surface area (Å²) in [5.74, 6) is 0. The summed E-state index contributed by atoms with van der Waals surface area (Å²) in [7, 11) is 0. The third kappa shape index (κ3) is 1.41. The van der Waals surface area contributed by atoms with Crippen LogP contribution in [-0.2, 0) is 0 Å². The number of nitrogens with zero attached hydrogens (tertiary/aromatic N) is 1. The second kappa shape index (κ2) is 3.67. The van der Waals surface area contributed by atoms with E-state index in [-0.39, 0.29) is 0 Å². The lowest BCUT2D eigenvalue weighted by Crippen LogP contribution is -2.35. The topological polar surface area (TPSA) is 3.24 Å². The van der Waals surface area contributed by atoms with Gasteiger partial charge in [-0.25, -0.2) is 0 Å². The Morgan fingerprint density at radius 1 is 1.21 bits per heavy atom. The molecule has 2 heteroatoms. The van der Waals surface area contributed by atoms with Crippen molar-refractivity contribution in [3.05, 3.63) is 22.4 Å². The first-order valence-corrected chi connectivity index (χ1v) is 6.62. The minimum absolute atomic E-state index is 0.764. The Morgan fingerprint density at radius 2 is 2.21 bits per heavy atom. The van der Waals surface area contributed by atoms with E-state index in [1.165, 1.54) is 38.6 Å². The molecule has 0 spiro atoms. The van der Waals surface area contributed by atoms with Gasteiger partial charge in [0.2, 0.25) is 0 Å². The third-order valence-electron chi connectivity index (χ3n) is 3.72. The molecule has 0 amide bonds. The Hall–Kier alpha value is -0.340. The SMILES string of the molecule is c1csc(C2CCC3CCCCN32)c1. The summed E-state index contributed by atoms with van der Waals surface area (Å²) in [5.41, 5.74) is 0. The Balaban J connectivity index is 1.82. The summed E-state index contributed by atoms with van der Waals surface area (Å²) in [6.07, 6.45) is 7.15. The number of hydrogen-bond donors (Lipinski definition) is 0. The molecular formula is C12H17NS. The molecule has 0 aromatic carbocycles. The molecule has 76 valence electrons. The number of hydrogen-bond acceptors (Lipinski definition) is 2. The molecule has 1 aromatic heterocycles. The van der Waals surface area contributed by atoms with Gasteiger partial charge in [-0.15, -0.1) is 11.3 Å². The van der Waals surface area contributed by atoms with Crippen molar-refractivity contribution in [1.82, 2.24) is 4.90 Å². The Labute approximate surface area is 89.7 Å². The van der Waals surface area contributed by atoms with Gasteiger partial charge in [0.05, 0.1) is 0 Å². The summed E-state index contributed by atoms with van der Waals surface area (Å²) in [6, 6.07) is 6.18. The Bertz CT molecular complexity index is 293. The van der Waals surface area contributed by atoms with Crippen LogP contribution in [0.2, 0.25) is 0 Å². The summed E-state index contributed by atoms with van der Waals surface area (Å²) < 4.78 is 0. The second-order valence-corrected chi connectivity index (χ2v) is 5.48. The largest absolute Gasteiger partial charge is 0.293 e. The fourth-order valence-electron chi connectivity index (χ4n) is 3.05. The first kappa shape index (κ1) is 8.93. The third-order valence-corrected chi connectivity index (χ3v) is 4.69. The van der Waals surface area contributed by atoms with Gasteiger partial charge >= 0.3 is 0 Å². The lowest BCUT2D eigenvalue weighted by atomic mass is 10.0. The van der Waals surface area contributed by atoms with Gasteiger partial charge in [0.25, 0.3) is 0 Å². The van der Waals surface area contributed by atoms with Crippen LogP contribution in [0.25, 0.3) is 0 Å². The maximum atomic E-state index is 2.76. The van der Waals surface area contributed by atoms with Crippen molar-refractivity contribution in [2.24, 2.45) is 0 Å². The predicted molar refractivity (Wildman–Crippen MR) is 60.6 cm³/mol. The molecule has 0 N–H and O–H groups in total. The van der Waals surface area contributed by atoms with Gasteiger partial charge in [0, 0.05) is 17.0 Å². The Kier molecular flexibility index (Phi) is 2.34. The van der Waals surface area contributed by atoms with Crippen LogP contribution in [-0.4, -0.2) is 17.5 Å². The van der Waals surface area contributed by atoms with E-state index in [4.69, 9.17) is 0 Å². The first-order valence-electron chi connectivity index (χ1n) is 5.74. The number of piperidine rings is 1. The first-order chi connectivity index (χ1) is 6.95. The van der Waals surface area contributed by atoms with Crippen LogP contribution in [0.3, 0.4) is 0 Å². The van der Waals surface area contributed by atoms with E-state index in [1.54, 1.807) is 4.88 Å². The van der Waals surface area contributed by atoms with Gasteiger partial charge in [0.1, 0.15) is 0 Å². The summed E-state index contributed by atoms with van der Waals surface area (Å²) in [6.45, 7) is 1.34. The lowest BCUT2D eigenvalue weighted by molar-refractivity contribution is 0.151. The summed E-state index contributed by atoms with van der Waals surface area (Å²) >= 11 is 1.93. The van der Waals surface area contributed by atoms with E-state index in [1.807, 2.05) is 11.3 Å². The van der Waals surface area contributed by atoms with E-state index in [0.29, 0.717) is 0 Å². The predicted octanol–water partition coefficient (Wildman–Crippen LogP) is 3.44. The zero-order chi connectivity index (χ0) is 9.38. The molecule has 2 aliphatic rings. The Morgan fingerprint density at radius 3 is 3.07 bits per heavy atom. The van der Waals surface area contributed by atoms with Gasteiger partial charge in [0.15, 0.2) is 0 Å². The quantitative estimate of drug-likeness (QED) is 0.682. The number of thiophene rings is 1. The van der Waals surface area contributed by atoms with Crippen LogP contribution in [0.4, 0.5) is 0 Å². The van der Waals surface area contributed by atoms with Crippen LogP contribution < -0.4 is 0 Å². The molecule has 0 bridgehead atoms. The monoisotopic (exact) mass is 207 g/mol. The van der Waals surface area contributed by atoms with Crippen LogP contribution in [0.15, 0.2) is 17.5 Å². The van der Waals surface area contributed by atoms with Gasteiger partial charge < -0.3 is 0 Å². The fourth-order valence-corrected chi connectivity index (χ4v) is 3.93.